The van der Waals surface area contributed by atoms with E-state index in [9.17, 15) is 8.42 Å². The largest absolute Gasteiger partial charge is 0.493 e. The van der Waals surface area contributed by atoms with Gasteiger partial charge in [0, 0.05) is 12.1 Å². The fourth-order valence-electron chi connectivity index (χ4n) is 1.26. The fourth-order valence-corrected chi connectivity index (χ4v) is 2.06. The SMILES string of the molecule is COc1cccc2c1OS(=O)(=O)NC2. The van der Waals surface area contributed by atoms with Crippen LogP contribution in [0.1, 0.15) is 5.56 Å². The van der Waals surface area contributed by atoms with E-state index in [0.717, 1.165) is 5.56 Å². The van der Waals surface area contributed by atoms with E-state index in [1.165, 1.54) is 7.11 Å². The van der Waals surface area contributed by atoms with E-state index in [4.69, 9.17) is 8.92 Å². The van der Waals surface area contributed by atoms with Crippen LogP contribution in [0.25, 0.3) is 0 Å². The molecule has 0 saturated carbocycles. The van der Waals surface area contributed by atoms with Crippen molar-refractivity contribution in [1.29, 1.82) is 0 Å². The van der Waals surface area contributed by atoms with E-state index in [0.29, 0.717) is 5.75 Å². The van der Waals surface area contributed by atoms with Crippen molar-refractivity contribution >= 4 is 10.3 Å². The maximum Gasteiger partial charge on any atom is 0.383 e. The Morgan fingerprint density at radius 2 is 2.29 bits per heavy atom. The highest BCUT2D eigenvalue weighted by atomic mass is 32.2. The zero-order valence-corrected chi connectivity index (χ0v) is 8.30. The van der Waals surface area contributed by atoms with E-state index in [2.05, 4.69) is 4.72 Å². The second-order valence-electron chi connectivity index (χ2n) is 2.81. The van der Waals surface area contributed by atoms with E-state index >= 15 is 0 Å². The number of para-hydroxylation sites is 1. The van der Waals surface area contributed by atoms with Gasteiger partial charge in [0.1, 0.15) is 0 Å². The molecular weight excluding hydrogens is 206 g/mol. The topological polar surface area (TPSA) is 64.6 Å². The van der Waals surface area contributed by atoms with E-state index in [1.54, 1.807) is 18.2 Å². The molecule has 0 saturated heterocycles. The van der Waals surface area contributed by atoms with Crippen LogP contribution >= 0.6 is 0 Å². The van der Waals surface area contributed by atoms with Gasteiger partial charge >= 0.3 is 10.3 Å². The molecule has 0 aromatic heterocycles. The molecule has 1 N–H and O–H groups in total. The normalized spacial score (nSPS) is 18.1. The summed E-state index contributed by atoms with van der Waals surface area (Å²) in [6, 6.07) is 5.21. The maximum atomic E-state index is 11.1. The van der Waals surface area contributed by atoms with E-state index < -0.39 is 10.3 Å². The molecule has 2 rings (SSSR count). The van der Waals surface area contributed by atoms with Gasteiger partial charge in [-0.25, -0.2) is 0 Å². The lowest BCUT2D eigenvalue weighted by molar-refractivity contribution is 0.381. The molecule has 1 aromatic rings. The lowest BCUT2D eigenvalue weighted by Crippen LogP contribution is -2.32. The Balaban J connectivity index is 2.53. The summed E-state index contributed by atoms with van der Waals surface area (Å²) >= 11 is 0. The summed E-state index contributed by atoms with van der Waals surface area (Å²) in [6.45, 7) is 0.231. The van der Waals surface area contributed by atoms with Crippen LogP contribution in [-0.4, -0.2) is 15.5 Å². The third-order valence-electron chi connectivity index (χ3n) is 1.91. The Bertz CT molecular complexity index is 440. The minimum Gasteiger partial charge on any atom is -0.493 e. The van der Waals surface area contributed by atoms with Gasteiger partial charge < -0.3 is 8.92 Å². The molecular formula is C8H9NO4S. The lowest BCUT2D eigenvalue weighted by Gasteiger charge is -2.19. The summed E-state index contributed by atoms with van der Waals surface area (Å²) in [4.78, 5) is 0. The molecule has 1 aliphatic heterocycles. The predicted octanol–water partition coefficient (Wildman–Crippen LogP) is 0.422. The van der Waals surface area contributed by atoms with E-state index in [1.807, 2.05) is 0 Å². The summed E-state index contributed by atoms with van der Waals surface area (Å²) in [6.07, 6.45) is 0. The zero-order valence-electron chi connectivity index (χ0n) is 7.48. The molecule has 0 fully saturated rings. The molecule has 1 aliphatic rings. The first-order valence-electron chi connectivity index (χ1n) is 3.97. The van der Waals surface area contributed by atoms with Crippen molar-refractivity contribution in [3.05, 3.63) is 23.8 Å². The molecule has 14 heavy (non-hydrogen) atoms. The second-order valence-corrected chi connectivity index (χ2v) is 4.17. The highest BCUT2D eigenvalue weighted by Crippen LogP contribution is 2.33. The monoisotopic (exact) mass is 215 g/mol. The predicted molar refractivity (Wildman–Crippen MR) is 49.4 cm³/mol. The molecule has 0 spiro atoms. The van der Waals surface area contributed by atoms with Crippen molar-refractivity contribution in [2.45, 2.75) is 6.54 Å². The highest BCUT2D eigenvalue weighted by Gasteiger charge is 2.24. The molecule has 0 unspecified atom stereocenters. The summed E-state index contributed by atoms with van der Waals surface area (Å²) in [7, 11) is -2.19. The van der Waals surface area contributed by atoms with Crippen LogP contribution in [0, 0.1) is 0 Å². The molecule has 1 aromatic carbocycles. The third-order valence-corrected chi connectivity index (χ3v) is 2.80. The highest BCUT2D eigenvalue weighted by molar-refractivity contribution is 7.85. The maximum absolute atomic E-state index is 11.1. The number of benzene rings is 1. The number of methoxy groups -OCH3 is 1. The van der Waals surface area contributed by atoms with Crippen molar-refractivity contribution in [3.8, 4) is 11.5 Å². The molecule has 0 aliphatic carbocycles. The first kappa shape index (κ1) is 9.29. The van der Waals surface area contributed by atoms with E-state index in [-0.39, 0.29) is 12.3 Å². The minimum atomic E-state index is -3.66. The molecule has 6 heteroatoms. The van der Waals surface area contributed by atoms with Gasteiger partial charge in [0.15, 0.2) is 11.5 Å². The number of hydrogen-bond donors (Lipinski definition) is 1. The van der Waals surface area contributed by atoms with Gasteiger partial charge in [-0.05, 0) is 6.07 Å². The first-order valence-corrected chi connectivity index (χ1v) is 5.38. The van der Waals surface area contributed by atoms with Gasteiger partial charge in [0.05, 0.1) is 7.11 Å². The van der Waals surface area contributed by atoms with Gasteiger partial charge in [-0.15, -0.1) is 0 Å². The van der Waals surface area contributed by atoms with Crippen LogP contribution in [0.5, 0.6) is 11.5 Å². The fraction of sp³-hybridized carbons (Fsp3) is 0.250. The Morgan fingerprint density at radius 1 is 1.50 bits per heavy atom. The molecule has 1 heterocycles. The van der Waals surface area contributed by atoms with Crippen LogP contribution in [-0.2, 0) is 16.8 Å². The quantitative estimate of drug-likeness (QED) is 0.737. The molecule has 0 amide bonds. The first-order chi connectivity index (χ1) is 6.62. The van der Waals surface area contributed by atoms with Gasteiger partial charge in [-0.1, -0.05) is 12.1 Å². The number of rotatable bonds is 1. The molecule has 0 bridgehead atoms. The summed E-state index contributed by atoms with van der Waals surface area (Å²) < 4.78 is 34.2. The van der Waals surface area contributed by atoms with Gasteiger partial charge in [0.25, 0.3) is 0 Å². The lowest BCUT2D eigenvalue weighted by atomic mass is 10.2. The van der Waals surface area contributed by atoms with Crippen LogP contribution < -0.4 is 13.6 Å². The summed E-state index contributed by atoms with van der Waals surface area (Å²) in [5.74, 6) is 0.696. The number of ether oxygens (including phenoxy) is 1. The van der Waals surface area contributed by atoms with Crippen molar-refractivity contribution in [1.82, 2.24) is 4.72 Å². The third kappa shape index (κ3) is 1.53. The molecule has 76 valence electrons. The summed E-state index contributed by atoms with van der Waals surface area (Å²) in [5, 5.41) is 0. The minimum absolute atomic E-state index is 0.231. The molecule has 0 radical (unpaired) electrons. The van der Waals surface area contributed by atoms with Gasteiger partial charge in [0.2, 0.25) is 0 Å². The number of nitrogens with one attached hydrogen (secondary N) is 1. The van der Waals surface area contributed by atoms with Crippen LogP contribution in [0.15, 0.2) is 18.2 Å². The summed E-state index contributed by atoms with van der Waals surface area (Å²) in [5.41, 5.74) is 0.763. The Kier molecular flexibility index (Phi) is 2.09. The van der Waals surface area contributed by atoms with Crippen molar-refractivity contribution in [2.75, 3.05) is 7.11 Å². The van der Waals surface area contributed by atoms with Crippen LogP contribution in [0.2, 0.25) is 0 Å². The van der Waals surface area contributed by atoms with Gasteiger partial charge in [-0.3, -0.25) is 0 Å². The molecule has 5 nitrogen and oxygen atoms in total. The van der Waals surface area contributed by atoms with Crippen molar-refractivity contribution < 1.29 is 17.3 Å². The Hall–Kier alpha value is -1.27. The smallest absolute Gasteiger partial charge is 0.383 e. The number of hydrogen-bond acceptors (Lipinski definition) is 4. The average molecular weight is 215 g/mol. The van der Waals surface area contributed by atoms with Gasteiger partial charge in [-0.2, -0.15) is 13.1 Å². The van der Waals surface area contributed by atoms with Crippen LogP contribution in [0.3, 0.4) is 0 Å². The second kappa shape index (κ2) is 3.14. The average Bonchev–Trinajstić information content (AvgIpc) is 2.15. The number of fused-ring (bicyclic) bond motifs is 1. The molecule has 0 atom stereocenters. The standard InChI is InChI=1S/C8H9NO4S/c1-12-7-4-2-3-6-5-9-14(10,11)13-8(6)7/h2-4,9H,5H2,1H3. The van der Waals surface area contributed by atoms with Crippen LogP contribution in [0.4, 0.5) is 0 Å². The van der Waals surface area contributed by atoms with Crippen molar-refractivity contribution in [3.63, 3.8) is 0 Å². The Labute approximate surface area is 81.9 Å². The Morgan fingerprint density at radius 3 is 3.00 bits per heavy atom. The van der Waals surface area contributed by atoms with Crippen molar-refractivity contribution in [2.24, 2.45) is 0 Å². The zero-order chi connectivity index (χ0) is 10.2.